The van der Waals surface area contributed by atoms with E-state index in [1.54, 1.807) is 6.92 Å². The lowest BCUT2D eigenvalue weighted by molar-refractivity contribution is -0.123. The molecule has 2 atom stereocenters. The number of carbonyl (C=O) groups is 1. The van der Waals surface area contributed by atoms with E-state index in [0.29, 0.717) is 0 Å². The van der Waals surface area contributed by atoms with E-state index < -0.39 is 5.92 Å². The lowest BCUT2D eigenvalue weighted by atomic mass is 10.1. The van der Waals surface area contributed by atoms with Crippen molar-refractivity contribution in [1.29, 1.82) is 5.26 Å². The second-order valence-corrected chi connectivity index (χ2v) is 4.62. The largest absolute Gasteiger partial charge is 0.351 e. The number of nitrogens with one attached hydrogen (secondary N) is 1. The molecule has 2 unspecified atom stereocenters. The summed E-state index contributed by atoms with van der Waals surface area (Å²) in [5.74, 6) is -0.712. The molecule has 1 aliphatic heterocycles. The predicted molar refractivity (Wildman–Crippen MR) is 62.7 cm³/mol. The van der Waals surface area contributed by atoms with Gasteiger partial charge in [0, 0.05) is 12.6 Å². The van der Waals surface area contributed by atoms with E-state index in [0.717, 1.165) is 19.6 Å². The van der Waals surface area contributed by atoms with Crippen molar-refractivity contribution < 1.29 is 4.79 Å². The van der Waals surface area contributed by atoms with Gasteiger partial charge in [0.25, 0.3) is 0 Å². The third kappa shape index (κ3) is 4.19. The highest BCUT2D eigenvalue weighted by Gasteiger charge is 2.17. The molecule has 1 saturated heterocycles. The van der Waals surface area contributed by atoms with Gasteiger partial charge in [-0.05, 0) is 39.8 Å². The summed E-state index contributed by atoms with van der Waals surface area (Å²) < 4.78 is 0. The zero-order valence-corrected chi connectivity index (χ0v) is 10.2. The molecule has 0 aliphatic carbocycles. The highest BCUT2D eigenvalue weighted by Crippen LogP contribution is 2.08. The Labute approximate surface area is 97.6 Å². The Morgan fingerprint density at radius 2 is 2.00 bits per heavy atom. The van der Waals surface area contributed by atoms with Crippen LogP contribution in [0.1, 0.15) is 33.1 Å². The molecular formula is C12H21N3O. The lowest BCUT2D eigenvalue weighted by Gasteiger charge is -2.29. The van der Waals surface area contributed by atoms with Gasteiger partial charge in [0.05, 0.1) is 6.07 Å². The molecule has 16 heavy (non-hydrogen) atoms. The third-order valence-corrected chi connectivity index (χ3v) is 2.96. The molecule has 1 aliphatic rings. The number of rotatable bonds is 4. The standard InChI is InChI=1S/C12H21N3O/c1-10(8-13)12(16)14-11(2)9-15-6-4-3-5-7-15/h10-11H,3-7,9H2,1-2H3,(H,14,16). The first kappa shape index (κ1) is 13.0. The summed E-state index contributed by atoms with van der Waals surface area (Å²) in [6.45, 7) is 6.78. The molecule has 1 rings (SSSR count). The van der Waals surface area contributed by atoms with E-state index in [1.807, 2.05) is 13.0 Å². The maximum atomic E-state index is 11.5. The summed E-state index contributed by atoms with van der Waals surface area (Å²) >= 11 is 0. The average molecular weight is 223 g/mol. The minimum atomic E-state index is -0.552. The molecule has 0 aromatic rings. The molecule has 0 aromatic carbocycles. The minimum Gasteiger partial charge on any atom is -0.351 e. The molecule has 1 fully saturated rings. The SMILES string of the molecule is CC(CN1CCCCC1)NC(=O)C(C)C#N. The van der Waals surface area contributed by atoms with Crippen LogP contribution in [0.15, 0.2) is 0 Å². The van der Waals surface area contributed by atoms with Crippen molar-refractivity contribution in [2.24, 2.45) is 5.92 Å². The monoisotopic (exact) mass is 223 g/mol. The van der Waals surface area contributed by atoms with E-state index >= 15 is 0 Å². The quantitative estimate of drug-likeness (QED) is 0.777. The summed E-state index contributed by atoms with van der Waals surface area (Å²) in [5, 5.41) is 11.5. The Balaban J connectivity index is 2.27. The fraction of sp³-hybridized carbons (Fsp3) is 0.833. The van der Waals surface area contributed by atoms with Crippen LogP contribution in [0.3, 0.4) is 0 Å². The van der Waals surface area contributed by atoms with E-state index in [2.05, 4.69) is 10.2 Å². The summed E-state index contributed by atoms with van der Waals surface area (Å²) in [5.41, 5.74) is 0. The molecule has 0 radical (unpaired) electrons. The van der Waals surface area contributed by atoms with Gasteiger partial charge in [0.2, 0.25) is 5.91 Å². The van der Waals surface area contributed by atoms with Crippen molar-refractivity contribution in [3.63, 3.8) is 0 Å². The third-order valence-electron chi connectivity index (χ3n) is 2.96. The molecule has 1 amide bonds. The van der Waals surface area contributed by atoms with Gasteiger partial charge in [-0.25, -0.2) is 0 Å². The smallest absolute Gasteiger partial charge is 0.237 e. The van der Waals surface area contributed by atoms with Crippen LogP contribution in [0.25, 0.3) is 0 Å². The van der Waals surface area contributed by atoms with Crippen LogP contribution in [-0.2, 0) is 4.79 Å². The summed E-state index contributed by atoms with van der Waals surface area (Å²) in [6, 6.07) is 2.07. The molecule has 4 heteroatoms. The first-order valence-corrected chi connectivity index (χ1v) is 6.06. The topological polar surface area (TPSA) is 56.1 Å². The molecule has 0 saturated carbocycles. The molecule has 0 bridgehead atoms. The Hall–Kier alpha value is -1.08. The number of amides is 1. The minimum absolute atomic E-state index is 0.126. The number of nitriles is 1. The van der Waals surface area contributed by atoms with Crippen LogP contribution in [0.4, 0.5) is 0 Å². The first-order chi connectivity index (χ1) is 7.63. The number of hydrogen-bond acceptors (Lipinski definition) is 3. The van der Waals surface area contributed by atoms with Crippen molar-refractivity contribution in [3.8, 4) is 6.07 Å². The van der Waals surface area contributed by atoms with E-state index in [1.165, 1.54) is 19.3 Å². The van der Waals surface area contributed by atoms with Crippen LogP contribution < -0.4 is 5.32 Å². The zero-order valence-electron chi connectivity index (χ0n) is 10.2. The van der Waals surface area contributed by atoms with Crippen molar-refractivity contribution in [1.82, 2.24) is 10.2 Å². The number of piperidine rings is 1. The fourth-order valence-electron chi connectivity index (χ4n) is 2.00. The van der Waals surface area contributed by atoms with Crippen molar-refractivity contribution in [2.45, 2.75) is 39.2 Å². The molecule has 90 valence electrons. The maximum Gasteiger partial charge on any atom is 0.237 e. The highest BCUT2D eigenvalue weighted by molar-refractivity contribution is 5.80. The predicted octanol–water partition coefficient (Wildman–Crippen LogP) is 1.14. The molecule has 0 spiro atoms. The molecule has 0 aromatic heterocycles. The van der Waals surface area contributed by atoms with Crippen LogP contribution in [0, 0.1) is 17.2 Å². The van der Waals surface area contributed by atoms with Gasteiger partial charge in [-0.15, -0.1) is 0 Å². The normalized spacial score (nSPS) is 20.8. The summed E-state index contributed by atoms with van der Waals surface area (Å²) in [4.78, 5) is 13.9. The van der Waals surface area contributed by atoms with Gasteiger partial charge in [0.15, 0.2) is 0 Å². The van der Waals surface area contributed by atoms with Crippen molar-refractivity contribution in [2.75, 3.05) is 19.6 Å². The molecule has 4 nitrogen and oxygen atoms in total. The molecule has 1 heterocycles. The van der Waals surface area contributed by atoms with Crippen LogP contribution in [-0.4, -0.2) is 36.5 Å². The van der Waals surface area contributed by atoms with Gasteiger partial charge in [-0.2, -0.15) is 5.26 Å². The number of nitrogens with zero attached hydrogens (tertiary/aromatic N) is 2. The van der Waals surface area contributed by atoms with E-state index in [9.17, 15) is 4.79 Å². The summed E-state index contributed by atoms with van der Waals surface area (Å²) in [6.07, 6.45) is 3.84. The van der Waals surface area contributed by atoms with E-state index in [4.69, 9.17) is 5.26 Å². The van der Waals surface area contributed by atoms with E-state index in [-0.39, 0.29) is 11.9 Å². The van der Waals surface area contributed by atoms with Crippen LogP contribution in [0.5, 0.6) is 0 Å². The van der Waals surface area contributed by atoms with Gasteiger partial charge in [0.1, 0.15) is 5.92 Å². The van der Waals surface area contributed by atoms with Gasteiger partial charge >= 0.3 is 0 Å². The highest BCUT2D eigenvalue weighted by atomic mass is 16.1. The summed E-state index contributed by atoms with van der Waals surface area (Å²) in [7, 11) is 0. The first-order valence-electron chi connectivity index (χ1n) is 6.06. The fourth-order valence-corrected chi connectivity index (χ4v) is 2.00. The van der Waals surface area contributed by atoms with Crippen LogP contribution >= 0.6 is 0 Å². The number of hydrogen-bond donors (Lipinski definition) is 1. The van der Waals surface area contributed by atoms with Gasteiger partial charge < -0.3 is 10.2 Å². The molecule has 1 N–H and O–H groups in total. The zero-order chi connectivity index (χ0) is 12.0. The van der Waals surface area contributed by atoms with Gasteiger partial charge in [-0.1, -0.05) is 6.42 Å². The second kappa shape index (κ2) is 6.49. The van der Waals surface area contributed by atoms with Gasteiger partial charge in [-0.3, -0.25) is 4.79 Å². The second-order valence-electron chi connectivity index (χ2n) is 4.62. The average Bonchev–Trinajstić information content (AvgIpc) is 2.29. The number of likely N-dealkylation sites (tertiary alicyclic amines) is 1. The maximum absolute atomic E-state index is 11.5. The van der Waals surface area contributed by atoms with Crippen molar-refractivity contribution in [3.05, 3.63) is 0 Å². The Bertz CT molecular complexity index is 266. The number of carbonyl (C=O) groups excluding carboxylic acids is 1. The Morgan fingerprint density at radius 1 is 1.38 bits per heavy atom. The van der Waals surface area contributed by atoms with Crippen LogP contribution in [0.2, 0.25) is 0 Å². The Kier molecular flexibility index (Phi) is 5.27. The Morgan fingerprint density at radius 3 is 2.56 bits per heavy atom. The lowest BCUT2D eigenvalue weighted by Crippen LogP contribution is -2.45. The molecular weight excluding hydrogens is 202 g/mol. The van der Waals surface area contributed by atoms with Crippen molar-refractivity contribution >= 4 is 5.91 Å².